The highest BCUT2D eigenvalue weighted by molar-refractivity contribution is 6.41. The molecular formula is C42H44N2O23. The zero-order chi connectivity index (χ0) is 48.9. The zero-order valence-corrected chi connectivity index (χ0v) is 34.9. The van der Waals surface area contributed by atoms with Gasteiger partial charge >= 0.3 is 35.8 Å². The first-order chi connectivity index (χ1) is 31.7. The molecule has 6 rings (SSSR count). The quantitative estimate of drug-likeness (QED) is 0.0470. The van der Waals surface area contributed by atoms with Gasteiger partial charge < -0.3 is 89.1 Å². The standard InChI is InChI=1S/C42H44N2O23/c1-61-27-10-18(2-4-25(27)45)3-5-31(49)63-16-42(60)17-64-41(36(42)53)67-35-34(52)33(51)29(15-62-32(50)14-30(47)48)66-40(35)65-28-12-20-11-24(39(58)59)44(23(20)13-26(28)46)7-6-19-8-21(37(54)55)43-22(9-19)38(56)57/h2-8,10,12-13,22,24,29,33-36,40-41,45-46,51-53,60H,9,11,14-17H2,1H3,(H,47,48)(H,54,55)(H,56,57)(H,58,59). The number of hydrogen-bond acceptors (Lipinski definition) is 21. The Morgan fingerprint density at radius 3 is 2.31 bits per heavy atom. The summed E-state index contributed by atoms with van der Waals surface area (Å²) in [4.78, 5) is 76.2. The van der Waals surface area contributed by atoms with Crippen LogP contribution in [0.25, 0.3) is 6.08 Å². The lowest BCUT2D eigenvalue weighted by atomic mass is 9.98. The number of esters is 2. The maximum atomic E-state index is 12.5. The minimum atomic E-state index is -2.32. The highest BCUT2D eigenvalue weighted by atomic mass is 16.8. The van der Waals surface area contributed by atoms with E-state index in [0.717, 1.165) is 18.2 Å². The van der Waals surface area contributed by atoms with Gasteiger partial charge in [0.25, 0.3) is 0 Å². The van der Waals surface area contributed by atoms with Crippen molar-refractivity contribution in [3.05, 3.63) is 71.5 Å². The Balaban J connectivity index is 1.21. The summed E-state index contributed by atoms with van der Waals surface area (Å²) in [6.45, 7) is -2.41. The van der Waals surface area contributed by atoms with E-state index in [0.29, 0.717) is 5.56 Å². The molecule has 10 N–H and O–H groups in total. The summed E-state index contributed by atoms with van der Waals surface area (Å²) in [5.41, 5.74) is -1.89. The predicted molar refractivity (Wildman–Crippen MR) is 219 cm³/mol. The van der Waals surface area contributed by atoms with Crippen LogP contribution < -0.4 is 14.4 Å². The second kappa shape index (κ2) is 20.6. The largest absolute Gasteiger partial charge is 0.504 e. The molecule has 2 saturated heterocycles. The van der Waals surface area contributed by atoms with Crippen LogP contribution in [0.2, 0.25) is 0 Å². The molecule has 0 amide bonds. The number of aliphatic hydroxyl groups excluding tert-OH is 3. The van der Waals surface area contributed by atoms with Gasteiger partial charge in [-0.25, -0.2) is 19.2 Å². The minimum absolute atomic E-state index is 0.112. The second-order valence-electron chi connectivity index (χ2n) is 15.4. The van der Waals surface area contributed by atoms with Crippen LogP contribution in [0.15, 0.2) is 65.3 Å². The third-order valence-electron chi connectivity index (χ3n) is 10.7. The molecule has 0 bridgehead atoms. The molecule has 25 nitrogen and oxygen atoms in total. The Morgan fingerprint density at radius 1 is 0.896 bits per heavy atom. The first-order valence-electron chi connectivity index (χ1n) is 19.9. The number of ether oxygens (including phenoxy) is 7. The molecule has 4 aliphatic rings. The van der Waals surface area contributed by atoms with Crippen molar-refractivity contribution in [3.63, 3.8) is 0 Å². The number of phenolic OH excluding ortho intramolecular Hbond substituents is 2. The van der Waals surface area contributed by atoms with Crippen molar-refractivity contribution in [2.75, 3.05) is 31.8 Å². The molecule has 10 unspecified atom stereocenters. The van der Waals surface area contributed by atoms with Crippen molar-refractivity contribution in [3.8, 4) is 23.0 Å². The summed E-state index contributed by atoms with van der Waals surface area (Å²) in [6, 6.07) is 3.77. The van der Waals surface area contributed by atoms with E-state index in [-0.39, 0.29) is 41.2 Å². The highest BCUT2D eigenvalue weighted by Gasteiger charge is 2.54. The number of methoxy groups -OCH3 is 1. The summed E-state index contributed by atoms with van der Waals surface area (Å²) in [6.07, 6.45) is -8.95. The van der Waals surface area contributed by atoms with E-state index in [1.165, 1.54) is 54.6 Å². The summed E-state index contributed by atoms with van der Waals surface area (Å²) >= 11 is 0. The van der Waals surface area contributed by atoms with Gasteiger partial charge in [-0.15, -0.1) is 0 Å². The zero-order valence-electron chi connectivity index (χ0n) is 34.9. The number of aliphatic imine (C=N–C) groups is 1. The van der Waals surface area contributed by atoms with Crippen LogP contribution in [0.3, 0.4) is 0 Å². The molecule has 4 aliphatic heterocycles. The van der Waals surface area contributed by atoms with Crippen molar-refractivity contribution in [2.45, 2.75) is 80.0 Å². The van der Waals surface area contributed by atoms with Crippen LogP contribution in [-0.2, 0) is 58.9 Å². The lowest BCUT2D eigenvalue weighted by Gasteiger charge is -2.43. The molecule has 2 aromatic carbocycles. The fourth-order valence-electron chi connectivity index (χ4n) is 7.24. The molecule has 10 atom stereocenters. The average molecular weight is 945 g/mol. The van der Waals surface area contributed by atoms with Gasteiger partial charge in [0.1, 0.15) is 55.8 Å². The number of fused-ring (bicyclic) bond motifs is 1. The van der Waals surface area contributed by atoms with Gasteiger partial charge in [-0.2, -0.15) is 0 Å². The number of rotatable bonds is 18. The monoisotopic (exact) mass is 944 g/mol. The predicted octanol–water partition coefficient (Wildman–Crippen LogP) is -1.32. The number of aromatic hydroxyl groups is 2. The Morgan fingerprint density at radius 2 is 1.64 bits per heavy atom. The molecule has 0 saturated carbocycles. The molecule has 0 spiro atoms. The van der Waals surface area contributed by atoms with E-state index in [1.807, 2.05) is 0 Å². The number of anilines is 1. The fraction of sp³-hybridized carbons (Fsp3) is 0.405. The number of carbonyl (C=O) groups excluding carboxylic acids is 2. The number of carboxylic acids is 4. The molecule has 2 fully saturated rings. The van der Waals surface area contributed by atoms with Crippen molar-refractivity contribution < 1.29 is 113 Å². The molecule has 0 aromatic heterocycles. The number of phenols is 2. The number of allylic oxidation sites excluding steroid dienone is 1. The van der Waals surface area contributed by atoms with Crippen LogP contribution >= 0.6 is 0 Å². The SMILES string of the molecule is COc1cc(C=CC(=O)OCC2(O)COC(OC3C(Oc4cc5c(cc4O)N(C=CC4=CC(C(=O)O)=NC(C(=O)O)C4)C(C(=O)O)C5)OC(COC(=O)CC(=O)O)C(O)C3O)C2O)ccc1O. The molecule has 0 aliphatic carbocycles. The number of benzene rings is 2. The summed E-state index contributed by atoms with van der Waals surface area (Å²) in [5.74, 6) is -9.09. The Bertz CT molecular complexity index is 2400. The van der Waals surface area contributed by atoms with E-state index in [2.05, 4.69) is 4.99 Å². The van der Waals surface area contributed by atoms with Crippen molar-refractivity contribution in [2.24, 2.45) is 4.99 Å². The average Bonchev–Trinajstić information content (AvgIpc) is 3.78. The lowest BCUT2D eigenvalue weighted by molar-refractivity contribution is -0.319. The van der Waals surface area contributed by atoms with E-state index in [4.69, 9.17) is 38.3 Å². The van der Waals surface area contributed by atoms with Crippen molar-refractivity contribution in [1.82, 2.24) is 0 Å². The van der Waals surface area contributed by atoms with Gasteiger partial charge in [-0.3, -0.25) is 14.6 Å². The minimum Gasteiger partial charge on any atom is -0.504 e. The third kappa shape index (κ3) is 11.5. The third-order valence-corrected chi connectivity index (χ3v) is 10.7. The first kappa shape index (κ1) is 49.3. The van der Waals surface area contributed by atoms with Crippen LogP contribution in [0.4, 0.5) is 5.69 Å². The summed E-state index contributed by atoms with van der Waals surface area (Å²) in [5, 5.41) is 104. The number of nitrogens with zero attached hydrogens (tertiary/aromatic N) is 2. The summed E-state index contributed by atoms with van der Waals surface area (Å²) < 4.78 is 38.1. The first-order valence-corrected chi connectivity index (χ1v) is 19.9. The Labute approximate surface area is 377 Å². The van der Waals surface area contributed by atoms with Crippen molar-refractivity contribution in [1.29, 1.82) is 0 Å². The van der Waals surface area contributed by atoms with E-state index >= 15 is 0 Å². The number of hydrogen-bond donors (Lipinski definition) is 10. The van der Waals surface area contributed by atoms with Crippen LogP contribution in [-0.4, -0.2) is 180 Å². The molecule has 360 valence electrons. The van der Waals surface area contributed by atoms with Gasteiger partial charge in [0.2, 0.25) is 6.29 Å². The Kier molecular flexibility index (Phi) is 15.1. The normalized spacial score (nSPS) is 28.1. The van der Waals surface area contributed by atoms with Gasteiger partial charge in [0.15, 0.2) is 47.0 Å². The molecular weight excluding hydrogens is 900 g/mol. The topological polar surface area (TPSA) is 385 Å². The molecule has 4 heterocycles. The van der Waals surface area contributed by atoms with Gasteiger partial charge in [-0.05, 0) is 53.1 Å². The van der Waals surface area contributed by atoms with E-state index in [1.54, 1.807) is 0 Å². The molecule has 2 aromatic rings. The maximum Gasteiger partial charge on any atom is 0.354 e. The number of dihydropyridines is 1. The maximum absolute atomic E-state index is 12.5. The fourth-order valence-corrected chi connectivity index (χ4v) is 7.24. The van der Waals surface area contributed by atoms with Crippen LogP contribution in [0, 0.1) is 0 Å². The lowest BCUT2D eigenvalue weighted by Crippen LogP contribution is -2.62. The number of carboxylic acid groups (broad SMARTS) is 4. The number of aliphatic hydroxyl groups is 4. The van der Waals surface area contributed by atoms with Crippen LogP contribution in [0.5, 0.6) is 23.0 Å². The number of aliphatic carboxylic acids is 4. The van der Waals surface area contributed by atoms with E-state index in [9.17, 15) is 74.7 Å². The smallest absolute Gasteiger partial charge is 0.354 e. The molecule has 25 heteroatoms. The van der Waals surface area contributed by atoms with Gasteiger partial charge in [0, 0.05) is 36.9 Å². The highest BCUT2D eigenvalue weighted by Crippen LogP contribution is 2.43. The number of carbonyl (C=O) groups is 6. The summed E-state index contributed by atoms with van der Waals surface area (Å²) in [7, 11) is 1.33. The second-order valence-corrected chi connectivity index (χ2v) is 15.4. The molecule has 0 radical (unpaired) electrons. The van der Waals surface area contributed by atoms with Crippen LogP contribution in [0.1, 0.15) is 24.0 Å². The van der Waals surface area contributed by atoms with Crippen molar-refractivity contribution >= 4 is 53.3 Å². The van der Waals surface area contributed by atoms with Gasteiger partial charge in [-0.1, -0.05) is 6.07 Å². The Hall–Kier alpha value is -7.13. The van der Waals surface area contributed by atoms with E-state index < -0.39 is 140 Å². The molecule has 67 heavy (non-hydrogen) atoms. The van der Waals surface area contributed by atoms with Gasteiger partial charge in [0.05, 0.1) is 13.7 Å².